The van der Waals surface area contributed by atoms with Crippen LogP contribution in [0, 0.1) is 0 Å². The first kappa shape index (κ1) is 14.0. The van der Waals surface area contributed by atoms with Crippen molar-refractivity contribution in [3.05, 3.63) is 64.4 Å². The fraction of sp³-hybridized carbons (Fsp3) is 0.200. The van der Waals surface area contributed by atoms with Gasteiger partial charge in [0.2, 0.25) is 0 Å². The molecule has 0 saturated heterocycles. The Kier molecular flexibility index (Phi) is 4.51. The third kappa shape index (κ3) is 3.52. The number of benzene rings is 1. The molecule has 0 spiro atoms. The second-order valence-electron chi connectivity index (χ2n) is 4.49. The number of nitrogens with zero attached hydrogens (tertiary/aromatic N) is 2. The molecule has 0 bridgehead atoms. The third-order valence-electron chi connectivity index (χ3n) is 2.79. The highest BCUT2D eigenvalue weighted by atomic mass is 35.5. The van der Waals surface area contributed by atoms with E-state index in [1.807, 2.05) is 43.3 Å². The molecule has 4 heteroatoms. The molecule has 1 heterocycles. The van der Waals surface area contributed by atoms with Gasteiger partial charge in [-0.05, 0) is 17.7 Å². The summed E-state index contributed by atoms with van der Waals surface area (Å²) in [4.78, 5) is 7.11. The van der Waals surface area contributed by atoms with Crippen molar-refractivity contribution in [3.63, 3.8) is 0 Å². The third-order valence-corrected chi connectivity index (χ3v) is 3.59. The summed E-state index contributed by atoms with van der Waals surface area (Å²) in [5.74, 6) is 0. The minimum atomic E-state index is 0.497. The monoisotopic (exact) mass is 290 g/mol. The Hall–Kier alpha value is -1.45. The molecule has 1 aromatic carbocycles. The van der Waals surface area contributed by atoms with Crippen LogP contribution >= 0.6 is 23.8 Å². The summed E-state index contributed by atoms with van der Waals surface area (Å²) >= 11 is 11.4. The summed E-state index contributed by atoms with van der Waals surface area (Å²) < 4.78 is 0. The summed E-state index contributed by atoms with van der Waals surface area (Å²) in [6, 6.07) is 13.9. The predicted octanol–water partition coefficient (Wildman–Crippen LogP) is 3.56. The highest BCUT2D eigenvalue weighted by Crippen LogP contribution is 2.17. The van der Waals surface area contributed by atoms with Crippen LogP contribution in [0.1, 0.15) is 16.8 Å². The molecular weight excluding hydrogens is 276 g/mol. The molecule has 2 aromatic rings. The highest BCUT2D eigenvalue weighted by molar-refractivity contribution is 7.80. The predicted molar refractivity (Wildman–Crippen MR) is 83.9 cm³/mol. The first-order valence-electron chi connectivity index (χ1n) is 5.99. The molecule has 0 unspecified atom stereocenters. The molecular formula is C15H15ClN2S. The van der Waals surface area contributed by atoms with E-state index in [1.54, 1.807) is 6.07 Å². The summed E-state index contributed by atoms with van der Waals surface area (Å²) in [7, 11) is 3.87. The molecule has 1 aromatic heterocycles. The van der Waals surface area contributed by atoms with Crippen molar-refractivity contribution < 1.29 is 0 Å². The van der Waals surface area contributed by atoms with Crippen molar-refractivity contribution >= 4 is 28.8 Å². The van der Waals surface area contributed by atoms with Crippen LogP contribution in [0.2, 0.25) is 5.15 Å². The Labute approximate surface area is 124 Å². The van der Waals surface area contributed by atoms with Gasteiger partial charge in [0.1, 0.15) is 10.1 Å². The summed E-state index contributed by atoms with van der Waals surface area (Å²) in [6.45, 7) is 0. The van der Waals surface area contributed by atoms with E-state index in [4.69, 9.17) is 23.8 Å². The number of thiocarbonyl (C=S) groups is 1. The Bertz CT molecular complexity index is 582. The lowest BCUT2D eigenvalue weighted by atomic mass is 10.0. The van der Waals surface area contributed by atoms with Gasteiger partial charge in [0.25, 0.3) is 0 Å². The minimum absolute atomic E-state index is 0.497. The number of hydrogen-bond acceptors (Lipinski definition) is 2. The normalized spacial score (nSPS) is 10.3. The average Bonchev–Trinajstić information content (AvgIpc) is 2.39. The fourth-order valence-electron chi connectivity index (χ4n) is 1.83. The highest BCUT2D eigenvalue weighted by Gasteiger charge is 2.12. The maximum atomic E-state index is 6.00. The van der Waals surface area contributed by atoms with Crippen molar-refractivity contribution in [2.75, 3.05) is 14.1 Å². The van der Waals surface area contributed by atoms with Gasteiger partial charge in [0, 0.05) is 26.1 Å². The largest absolute Gasteiger partial charge is 0.368 e. The van der Waals surface area contributed by atoms with Crippen LogP contribution in [0.3, 0.4) is 0 Å². The van der Waals surface area contributed by atoms with Gasteiger partial charge >= 0.3 is 0 Å². The van der Waals surface area contributed by atoms with E-state index < -0.39 is 0 Å². The van der Waals surface area contributed by atoms with E-state index >= 15 is 0 Å². The zero-order valence-corrected chi connectivity index (χ0v) is 12.5. The lowest BCUT2D eigenvalue weighted by Crippen LogP contribution is -2.22. The molecule has 0 atom stereocenters. The van der Waals surface area contributed by atoms with Crippen molar-refractivity contribution in [2.24, 2.45) is 0 Å². The standard InChI is InChI=1S/C15H15ClN2S/c1-18(2)15(19)12-8-9-14(16)17-13(12)10-11-6-4-3-5-7-11/h3-9H,10H2,1-2H3. The van der Waals surface area contributed by atoms with E-state index in [0.717, 1.165) is 22.7 Å². The van der Waals surface area contributed by atoms with E-state index in [1.165, 1.54) is 5.56 Å². The molecule has 0 radical (unpaired) electrons. The van der Waals surface area contributed by atoms with Crippen molar-refractivity contribution in [2.45, 2.75) is 6.42 Å². The summed E-state index contributed by atoms with van der Waals surface area (Å²) in [5.41, 5.74) is 3.07. The average molecular weight is 291 g/mol. The molecule has 0 aliphatic rings. The van der Waals surface area contributed by atoms with Crippen LogP contribution < -0.4 is 0 Å². The maximum absolute atomic E-state index is 6.00. The Morgan fingerprint density at radius 3 is 2.47 bits per heavy atom. The van der Waals surface area contributed by atoms with Gasteiger partial charge in [0.15, 0.2) is 0 Å². The number of rotatable bonds is 3. The zero-order valence-electron chi connectivity index (χ0n) is 10.9. The van der Waals surface area contributed by atoms with Crippen LogP contribution in [0.15, 0.2) is 42.5 Å². The van der Waals surface area contributed by atoms with E-state index in [0.29, 0.717) is 5.15 Å². The van der Waals surface area contributed by atoms with Crippen LogP contribution in [0.5, 0.6) is 0 Å². The second-order valence-corrected chi connectivity index (χ2v) is 5.26. The topological polar surface area (TPSA) is 16.1 Å². The number of aromatic nitrogens is 1. The van der Waals surface area contributed by atoms with Gasteiger partial charge in [-0.1, -0.05) is 54.2 Å². The molecule has 0 fully saturated rings. The SMILES string of the molecule is CN(C)C(=S)c1ccc(Cl)nc1Cc1ccccc1. The van der Waals surface area contributed by atoms with Crippen molar-refractivity contribution in [1.82, 2.24) is 9.88 Å². The lowest BCUT2D eigenvalue weighted by Gasteiger charge is -2.16. The van der Waals surface area contributed by atoms with E-state index in [2.05, 4.69) is 17.1 Å². The smallest absolute Gasteiger partial charge is 0.129 e. The zero-order chi connectivity index (χ0) is 13.8. The molecule has 2 nitrogen and oxygen atoms in total. The number of halogens is 1. The van der Waals surface area contributed by atoms with E-state index in [9.17, 15) is 0 Å². The van der Waals surface area contributed by atoms with Gasteiger partial charge in [-0.15, -0.1) is 0 Å². The van der Waals surface area contributed by atoms with Crippen LogP contribution in [-0.2, 0) is 6.42 Å². The number of hydrogen-bond donors (Lipinski definition) is 0. The van der Waals surface area contributed by atoms with Crippen LogP contribution in [0.25, 0.3) is 0 Å². The molecule has 2 rings (SSSR count). The van der Waals surface area contributed by atoms with E-state index in [-0.39, 0.29) is 0 Å². The Morgan fingerprint density at radius 2 is 1.84 bits per heavy atom. The maximum Gasteiger partial charge on any atom is 0.129 e. The van der Waals surface area contributed by atoms with Crippen molar-refractivity contribution in [3.8, 4) is 0 Å². The van der Waals surface area contributed by atoms with Gasteiger partial charge in [-0.25, -0.2) is 4.98 Å². The molecule has 0 N–H and O–H groups in total. The summed E-state index contributed by atoms with van der Waals surface area (Å²) in [5, 5.41) is 0.497. The molecule has 0 aliphatic carbocycles. The number of pyridine rings is 1. The molecule has 0 aliphatic heterocycles. The van der Waals surface area contributed by atoms with Crippen molar-refractivity contribution in [1.29, 1.82) is 0 Å². The first-order valence-corrected chi connectivity index (χ1v) is 6.77. The minimum Gasteiger partial charge on any atom is -0.368 e. The van der Waals surface area contributed by atoms with Crippen LogP contribution in [0.4, 0.5) is 0 Å². The Morgan fingerprint density at radius 1 is 1.16 bits per heavy atom. The van der Waals surface area contributed by atoms with Gasteiger partial charge < -0.3 is 4.90 Å². The molecule has 0 saturated carbocycles. The summed E-state index contributed by atoms with van der Waals surface area (Å²) in [6.07, 6.45) is 0.727. The Balaban J connectivity index is 2.38. The second kappa shape index (κ2) is 6.13. The van der Waals surface area contributed by atoms with Crippen LogP contribution in [-0.4, -0.2) is 29.0 Å². The quantitative estimate of drug-likeness (QED) is 0.635. The molecule has 98 valence electrons. The van der Waals surface area contributed by atoms with Gasteiger partial charge in [0.05, 0.1) is 5.69 Å². The first-order chi connectivity index (χ1) is 9.08. The van der Waals surface area contributed by atoms with Gasteiger partial charge in [-0.2, -0.15) is 0 Å². The van der Waals surface area contributed by atoms with Gasteiger partial charge in [-0.3, -0.25) is 0 Å². The lowest BCUT2D eigenvalue weighted by molar-refractivity contribution is 0.635. The molecule has 19 heavy (non-hydrogen) atoms. The molecule has 0 amide bonds. The fourth-order valence-corrected chi connectivity index (χ4v) is 2.19.